The maximum absolute atomic E-state index is 5.30. The number of hydrogen-bond acceptors (Lipinski definition) is 4. The molecule has 0 saturated heterocycles. The van der Waals surface area contributed by atoms with Crippen molar-refractivity contribution in [2.45, 2.75) is 51.9 Å². The van der Waals surface area contributed by atoms with E-state index < -0.39 is 0 Å². The molecule has 0 fully saturated rings. The Hall–Kier alpha value is -2.28. The van der Waals surface area contributed by atoms with E-state index in [0.29, 0.717) is 8.64 Å². The van der Waals surface area contributed by atoms with Crippen LogP contribution in [0.15, 0.2) is 121 Å². The molecule has 0 radical (unpaired) electrons. The summed E-state index contributed by atoms with van der Waals surface area (Å²) in [5.41, 5.74) is 4.39. The predicted molar refractivity (Wildman–Crippen MR) is 183 cm³/mol. The van der Waals surface area contributed by atoms with Crippen LogP contribution in [0, 0.1) is 0 Å². The molecular formula is C34H36N2S4Zn. The Kier molecular flexibility index (Phi) is 14.0. The van der Waals surface area contributed by atoms with Gasteiger partial charge in [-0.3, -0.25) is 0 Å². The molecule has 4 rings (SSSR count). The second-order valence-electron chi connectivity index (χ2n) is 10.5. The van der Waals surface area contributed by atoms with Crippen LogP contribution in [0.2, 0.25) is 0 Å². The van der Waals surface area contributed by atoms with Crippen molar-refractivity contribution < 1.29 is 19.5 Å². The van der Waals surface area contributed by atoms with Gasteiger partial charge in [0.2, 0.25) is 0 Å². The molecule has 0 heterocycles. The topological polar surface area (TPSA) is 6.48 Å². The summed E-state index contributed by atoms with van der Waals surface area (Å²) in [7, 11) is 0. The Morgan fingerprint density at radius 2 is 0.756 bits per heavy atom. The first-order valence-electron chi connectivity index (χ1n) is 13.2. The largest absolute Gasteiger partial charge is 2.00 e. The van der Waals surface area contributed by atoms with Crippen LogP contribution in [0.5, 0.6) is 0 Å². The normalized spacial score (nSPS) is 10.8. The average Bonchev–Trinajstić information content (AvgIpc) is 2.96. The molecule has 0 unspecified atom stereocenters. The van der Waals surface area contributed by atoms with Gasteiger partial charge in [0.05, 0.1) is 11.1 Å². The molecule has 7 heteroatoms. The SMILES string of the molecule is CC(C)(c1ccccc1)N(Cc1ccccc1)C(=S)[S-].CC(C)(c1ccccc1)N(Cc1ccccc1)C(=S)[S-].[Zn+2]. The summed E-state index contributed by atoms with van der Waals surface area (Å²) >= 11 is 21.2. The van der Waals surface area contributed by atoms with Gasteiger partial charge in [0.25, 0.3) is 0 Å². The quantitative estimate of drug-likeness (QED) is 0.105. The number of thiocarbonyl (C=S) groups is 2. The minimum atomic E-state index is -0.226. The minimum absolute atomic E-state index is 0. The first kappa shape index (κ1) is 34.9. The summed E-state index contributed by atoms with van der Waals surface area (Å²) in [5, 5.41) is 0. The van der Waals surface area contributed by atoms with Crippen LogP contribution >= 0.6 is 24.4 Å². The molecule has 0 N–H and O–H groups in total. The van der Waals surface area contributed by atoms with Crippen LogP contribution in [0.25, 0.3) is 0 Å². The Balaban J connectivity index is 0.000000280. The molecular weight excluding hydrogens is 630 g/mol. The molecule has 0 amide bonds. The van der Waals surface area contributed by atoms with Gasteiger partial charge in [0.1, 0.15) is 0 Å². The number of benzene rings is 4. The van der Waals surface area contributed by atoms with Crippen molar-refractivity contribution in [2.24, 2.45) is 0 Å². The number of hydrogen-bond donors (Lipinski definition) is 0. The van der Waals surface area contributed by atoms with Crippen molar-refractivity contribution >= 4 is 58.3 Å². The first-order chi connectivity index (χ1) is 19.0. The minimum Gasteiger partial charge on any atom is -0.411 e. The smallest absolute Gasteiger partial charge is 0.411 e. The van der Waals surface area contributed by atoms with E-state index in [1.165, 1.54) is 22.3 Å². The molecule has 4 aromatic carbocycles. The van der Waals surface area contributed by atoms with Gasteiger partial charge in [0.15, 0.2) is 0 Å². The fraction of sp³-hybridized carbons (Fsp3) is 0.235. The van der Waals surface area contributed by atoms with Gasteiger partial charge in [-0.25, -0.2) is 0 Å². The second-order valence-corrected chi connectivity index (χ2v) is 12.6. The fourth-order valence-corrected chi connectivity index (χ4v) is 5.69. The van der Waals surface area contributed by atoms with Crippen molar-refractivity contribution in [1.29, 1.82) is 0 Å². The van der Waals surface area contributed by atoms with E-state index >= 15 is 0 Å². The van der Waals surface area contributed by atoms with Gasteiger partial charge in [-0.2, -0.15) is 0 Å². The van der Waals surface area contributed by atoms with Crippen molar-refractivity contribution in [3.63, 3.8) is 0 Å². The van der Waals surface area contributed by atoms with Crippen molar-refractivity contribution in [3.8, 4) is 0 Å². The maximum Gasteiger partial charge on any atom is 2.00 e. The second kappa shape index (κ2) is 16.4. The van der Waals surface area contributed by atoms with Gasteiger partial charge in [-0.1, -0.05) is 130 Å². The van der Waals surface area contributed by atoms with E-state index in [2.05, 4.69) is 86.0 Å². The van der Waals surface area contributed by atoms with Crippen LogP contribution in [0.4, 0.5) is 0 Å². The van der Waals surface area contributed by atoms with Crippen LogP contribution in [-0.4, -0.2) is 18.4 Å². The van der Waals surface area contributed by atoms with Crippen molar-refractivity contribution in [3.05, 3.63) is 144 Å². The van der Waals surface area contributed by atoms with Crippen LogP contribution in [0.1, 0.15) is 49.9 Å². The third kappa shape index (κ3) is 9.90. The zero-order valence-electron chi connectivity index (χ0n) is 24.2. The van der Waals surface area contributed by atoms with Crippen LogP contribution in [0.3, 0.4) is 0 Å². The Bertz CT molecular complexity index is 1240. The van der Waals surface area contributed by atoms with Crippen molar-refractivity contribution in [1.82, 2.24) is 9.80 Å². The molecule has 0 aliphatic rings. The molecule has 0 atom stereocenters. The predicted octanol–water partition coefficient (Wildman–Crippen LogP) is 8.51. The average molecular weight is 666 g/mol. The van der Waals surface area contributed by atoms with Gasteiger partial charge >= 0.3 is 19.5 Å². The zero-order valence-corrected chi connectivity index (χ0v) is 30.4. The Morgan fingerprint density at radius 1 is 0.512 bits per heavy atom. The van der Waals surface area contributed by atoms with E-state index in [9.17, 15) is 0 Å². The molecule has 0 aliphatic heterocycles. The molecule has 0 bridgehead atoms. The van der Waals surface area contributed by atoms with Gasteiger partial charge in [-0.05, 0) is 49.9 Å². The molecule has 0 saturated carbocycles. The van der Waals surface area contributed by atoms with E-state index in [1.807, 2.05) is 72.8 Å². The van der Waals surface area contributed by atoms with Gasteiger partial charge < -0.3 is 59.5 Å². The summed E-state index contributed by atoms with van der Waals surface area (Å²) in [5.74, 6) is 0. The van der Waals surface area contributed by atoms with E-state index in [-0.39, 0.29) is 30.6 Å². The summed E-state index contributed by atoms with van der Waals surface area (Å²) in [6.45, 7) is 10.1. The maximum atomic E-state index is 5.30. The third-order valence-corrected chi connectivity index (χ3v) is 8.00. The molecule has 41 heavy (non-hydrogen) atoms. The van der Waals surface area contributed by atoms with Crippen molar-refractivity contribution in [2.75, 3.05) is 0 Å². The first-order valence-corrected chi connectivity index (χ1v) is 14.8. The van der Waals surface area contributed by atoms with E-state index in [4.69, 9.17) is 49.7 Å². The van der Waals surface area contributed by atoms with E-state index in [0.717, 1.165) is 13.1 Å². The Morgan fingerprint density at radius 3 is 1.00 bits per heavy atom. The molecule has 0 spiro atoms. The molecule has 0 aromatic heterocycles. The summed E-state index contributed by atoms with van der Waals surface area (Å²) < 4.78 is 1.01. The monoisotopic (exact) mass is 664 g/mol. The fourth-order valence-electron chi connectivity index (χ4n) is 4.52. The molecule has 208 valence electrons. The summed E-state index contributed by atoms with van der Waals surface area (Å²) in [4.78, 5) is 4.20. The molecule has 2 nitrogen and oxygen atoms in total. The van der Waals surface area contributed by atoms with Gasteiger partial charge in [0, 0.05) is 13.1 Å². The standard InChI is InChI=1S/2C17H19NS2.Zn/c2*1-17(2,15-11-7-4-8-12-15)18(16(19)20)13-14-9-5-3-6-10-14;/h2*3-12H,13H2,1-2H3,(H,19,20);/q;;+2/p-2. The molecule has 4 aromatic rings. The number of nitrogens with zero attached hydrogens (tertiary/aromatic N) is 2. The summed E-state index contributed by atoms with van der Waals surface area (Å²) in [6, 6.07) is 41.3. The Labute approximate surface area is 281 Å². The van der Waals surface area contributed by atoms with Crippen LogP contribution in [-0.2, 0) is 68.9 Å². The number of rotatable bonds is 8. The zero-order chi connectivity index (χ0) is 29.2. The van der Waals surface area contributed by atoms with E-state index in [1.54, 1.807) is 0 Å². The molecule has 0 aliphatic carbocycles. The summed E-state index contributed by atoms with van der Waals surface area (Å²) in [6.07, 6.45) is 0. The van der Waals surface area contributed by atoms with Crippen LogP contribution < -0.4 is 0 Å². The van der Waals surface area contributed by atoms with Gasteiger partial charge in [-0.15, -0.1) is 0 Å². The third-order valence-electron chi connectivity index (χ3n) is 7.12.